The lowest BCUT2D eigenvalue weighted by molar-refractivity contribution is 0.415. The van der Waals surface area contributed by atoms with Crippen LogP contribution in [-0.4, -0.2) is 35.5 Å². The van der Waals surface area contributed by atoms with E-state index in [1.807, 2.05) is 0 Å². The third kappa shape index (κ3) is 3.35. The summed E-state index contributed by atoms with van der Waals surface area (Å²) in [7, 11) is -2.19. The topological polar surface area (TPSA) is 97.0 Å². The number of anilines is 2. The molecule has 0 amide bonds. The maximum atomic E-state index is 13.7. The van der Waals surface area contributed by atoms with Crippen molar-refractivity contribution in [2.75, 3.05) is 12.4 Å². The van der Waals surface area contributed by atoms with Crippen molar-refractivity contribution >= 4 is 43.1 Å². The van der Waals surface area contributed by atoms with E-state index in [2.05, 4.69) is 20.5 Å². The summed E-state index contributed by atoms with van der Waals surface area (Å²) in [5.74, 6) is 0.540. The van der Waals surface area contributed by atoms with Gasteiger partial charge in [-0.2, -0.15) is 5.10 Å². The first kappa shape index (κ1) is 20.1. The first-order chi connectivity index (χ1) is 14.1. The van der Waals surface area contributed by atoms with Gasteiger partial charge in [-0.05, 0) is 57.2 Å². The van der Waals surface area contributed by atoms with Crippen molar-refractivity contribution in [3.63, 3.8) is 0 Å². The molecule has 2 N–H and O–H groups in total. The standard InChI is InChI=1S/C21H21FN4O3S/c1-21(2,3)30(27,28)19-11-18(14-7-6-13(29-4)10-17(14)23-19)24-20-15-9-12(22)5-8-16(15)25-26-20/h5-11H,1-4H3,(H2,23,24,25,26). The van der Waals surface area contributed by atoms with E-state index < -0.39 is 20.4 Å². The number of halogens is 1. The molecule has 0 saturated heterocycles. The first-order valence-corrected chi connectivity index (χ1v) is 10.7. The summed E-state index contributed by atoms with van der Waals surface area (Å²) in [4.78, 5) is 4.39. The minimum absolute atomic E-state index is 0.0655. The van der Waals surface area contributed by atoms with Crippen LogP contribution in [0.25, 0.3) is 21.8 Å². The third-order valence-electron chi connectivity index (χ3n) is 4.85. The van der Waals surface area contributed by atoms with Gasteiger partial charge in [0.25, 0.3) is 0 Å². The Labute approximate surface area is 173 Å². The highest BCUT2D eigenvalue weighted by molar-refractivity contribution is 7.92. The van der Waals surface area contributed by atoms with Crippen molar-refractivity contribution in [3.05, 3.63) is 48.3 Å². The lowest BCUT2D eigenvalue weighted by Crippen LogP contribution is -2.28. The molecule has 0 saturated carbocycles. The summed E-state index contributed by atoms with van der Waals surface area (Å²) >= 11 is 0. The third-order valence-corrected chi connectivity index (χ3v) is 7.23. The van der Waals surface area contributed by atoms with Gasteiger partial charge in [-0.1, -0.05) is 0 Å². The van der Waals surface area contributed by atoms with Crippen LogP contribution in [0.4, 0.5) is 15.9 Å². The number of nitrogens with zero attached hydrogens (tertiary/aromatic N) is 2. The molecule has 0 unspecified atom stereocenters. The van der Waals surface area contributed by atoms with Gasteiger partial charge in [0.2, 0.25) is 9.84 Å². The zero-order valence-corrected chi connectivity index (χ0v) is 17.8. The average Bonchev–Trinajstić information content (AvgIpc) is 3.08. The summed E-state index contributed by atoms with van der Waals surface area (Å²) in [5, 5.41) is 11.4. The minimum atomic E-state index is -3.72. The van der Waals surface area contributed by atoms with Crippen LogP contribution in [0.3, 0.4) is 0 Å². The lowest BCUT2D eigenvalue weighted by atomic mass is 10.1. The summed E-state index contributed by atoms with van der Waals surface area (Å²) in [6.07, 6.45) is 0. The number of aromatic nitrogens is 3. The number of hydrogen-bond donors (Lipinski definition) is 2. The number of pyridine rings is 1. The molecule has 0 atom stereocenters. The highest BCUT2D eigenvalue weighted by Gasteiger charge is 2.33. The average molecular weight is 428 g/mol. The largest absolute Gasteiger partial charge is 0.497 e. The molecule has 156 valence electrons. The van der Waals surface area contributed by atoms with Crippen LogP contribution in [0, 0.1) is 5.82 Å². The molecule has 7 nitrogen and oxygen atoms in total. The number of benzene rings is 2. The Bertz CT molecular complexity index is 1370. The fraction of sp³-hybridized carbons (Fsp3) is 0.238. The van der Waals surface area contributed by atoms with E-state index in [0.717, 1.165) is 0 Å². The second-order valence-electron chi connectivity index (χ2n) is 7.89. The first-order valence-electron chi connectivity index (χ1n) is 9.24. The van der Waals surface area contributed by atoms with E-state index in [0.29, 0.717) is 39.1 Å². The van der Waals surface area contributed by atoms with Gasteiger partial charge in [-0.3, -0.25) is 5.10 Å². The van der Waals surface area contributed by atoms with Crippen molar-refractivity contribution in [2.24, 2.45) is 0 Å². The Balaban J connectivity index is 1.94. The van der Waals surface area contributed by atoms with Gasteiger partial charge in [0.15, 0.2) is 10.8 Å². The zero-order valence-electron chi connectivity index (χ0n) is 16.9. The monoisotopic (exact) mass is 428 g/mol. The molecule has 2 aromatic carbocycles. The SMILES string of the molecule is COc1ccc2c(Nc3n[nH]c4ccc(F)cc34)cc(S(=O)(=O)C(C)(C)C)nc2c1. The number of ether oxygens (including phenoxy) is 1. The van der Waals surface area contributed by atoms with Crippen molar-refractivity contribution in [2.45, 2.75) is 30.5 Å². The quantitative estimate of drug-likeness (QED) is 0.494. The maximum Gasteiger partial charge on any atom is 0.200 e. The highest BCUT2D eigenvalue weighted by Crippen LogP contribution is 2.34. The Hall–Kier alpha value is -3.20. The van der Waals surface area contributed by atoms with Crippen LogP contribution >= 0.6 is 0 Å². The summed E-state index contributed by atoms with van der Waals surface area (Å²) in [6.45, 7) is 4.87. The second kappa shape index (κ2) is 6.94. The predicted molar refractivity (Wildman–Crippen MR) is 115 cm³/mol. The smallest absolute Gasteiger partial charge is 0.200 e. The molecule has 4 rings (SSSR count). The molecule has 2 heterocycles. The molecule has 0 spiro atoms. The van der Waals surface area contributed by atoms with E-state index in [-0.39, 0.29) is 5.03 Å². The summed E-state index contributed by atoms with van der Waals surface area (Å²) in [5.41, 5.74) is 1.60. The van der Waals surface area contributed by atoms with E-state index in [1.54, 1.807) is 45.0 Å². The Morgan fingerprint density at radius 2 is 1.83 bits per heavy atom. The molecule has 0 aliphatic carbocycles. The van der Waals surface area contributed by atoms with Gasteiger partial charge < -0.3 is 10.1 Å². The van der Waals surface area contributed by atoms with Crippen molar-refractivity contribution in [1.82, 2.24) is 15.2 Å². The van der Waals surface area contributed by atoms with E-state index in [4.69, 9.17) is 4.74 Å². The van der Waals surface area contributed by atoms with Crippen molar-refractivity contribution in [1.29, 1.82) is 0 Å². The van der Waals surface area contributed by atoms with Gasteiger partial charge in [-0.15, -0.1) is 0 Å². The van der Waals surface area contributed by atoms with Crippen LogP contribution in [0.5, 0.6) is 5.75 Å². The van der Waals surface area contributed by atoms with E-state index >= 15 is 0 Å². The lowest BCUT2D eigenvalue weighted by Gasteiger charge is -2.20. The van der Waals surface area contributed by atoms with Gasteiger partial charge in [0.1, 0.15) is 11.6 Å². The van der Waals surface area contributed by atoms with Gasteiger partial charge in [0.05, 0.1) is 28.6 Å². The van der Waals surface area contributed by atoms with Crippen LogP contribution in [0.1, 0.15) is 20.8 Å². The number of rotatable bonds is 4. The molecule has 9 heteroatoms. The van der Waals surface area contributed by atoms with Crippen LogP contribution in [-0.2, 0) is 9.84 Å². The highest BCUT2D eigenvalue weighted by atomic mass is 32.2. The minimum Gasteiger partial charge on any atom is -0.497 e. The molecule has 0 bridgehead atoms. The number of fused-ring (bicyclic) bond motifs is 2. The van der Waals surface area contributed by atoms with Crippen LogP contribution in [0.2, 0.25) is 0 Å². The normalized spacial score (nSPS) is 12.4. The number of H-pyrrole nitrogens is 1. The number of nitrogens with one attached hydrogen (secondary N) is 2. The summed E-state index contributed by atoms with van der Waals surface area (Å²) in [6, 6.07) is 11.0. The maximum absolute atomic E-state index is 13.7. The molecule has 0 radical (unpaired) electrons. The fourth-order valence-corrected chi connectivity index (χ4v) is 4.19. The molecule has 2 aromatic heterocycles. The van der Waals surface area contributed by atoms with Gasteiger partial charge in [0, 0.05) is 16.8 Å². The van der Waals surface area contributed by atoms with Gasteiger partial charge >= 0.3 is 0 Å². The number of methoxy groups -OCH3 is 1. The number of aromatic amines is 1. The summed E-state index contributed by atoms with van der Waals surface area (Å²) < 4.78 is 44.1. The molecule has 30 heavy (non-hydrogen) atoms. The predicted octanol–water partition coefficient (Wildman–Crippen LogP) is 4.57. The fourth-order valence-electron chi connectivity index (χ4n) is 3.07. The zero-order chi connectivity index (χ0) is 21.7. The van der Waals surface area contributed by atoms with E-state index in [1.165, 1.54) is 25.3 Å². The Kier molecular flexibility index (Phi) is 4.65. The Morgan fingerprint density at radius 1 is 1.07 bits per heavy atom. The van der Waals surface area contributed by atoms with Crippen molar-refractivity contribution < 1.29 is 17.5 Å². The van der Waals surface area contributed by atoms with E-state index in [9.17, 15) is 12.8 Å². The van der Waals surface area contributed by atoms with Crippen molar-refractivity contribution in [3.8, 4) is 5.75 Å². The Morgan fingerprint density at radius 3 is 2.53 bits per heavy atom. The number of hydrogen-bond acceptors (Lipinski definition) is 6. The molecule has 0 aliphatic rings. The molecule has 0 fully saturated rings. The molecular formula is C21H21FN4O3S. The van der Waals surface area contributed by atoms with Crippen LogP contribution in [0.15, 0.2) is 47.5 Å². The number of sulfone groups is 1. The molecule has 0 aliphatic heterocycles. The van der Waals surface area contributed by atoms with Gasteiger partial charge in [-0.25, -0.2) is 17.8 Å². The second-order valence-corrected chi connectivity index (χ2v) is 10.5. The van der Waals surface area contributed by atoms with Crippen LogP contribution < -0.4 is 10.1 Å². The molecular weight excluding hydrogens is 407 g/mol. The molecule has 4 aromatic rings.